The number of nitrogens with zero attached hydrogens (tertiary/aromatic N) is 1. The molecule has 0 aliphatic rings. The molecule has 2 aromatic carbocycles. The summed E-state index contributed by atoms with van der Waals surface area (Å²) in [6.07, 6.45) is 0.821. The quantitative estimate of drug-likeness (QED) is 0.828. The zero-order chi connectivity index (χ0) is 17.2. The van der Waals surface area contributed by atoms with E-state index in [0.717, 1.165) is 28.4 Å². The number of halogens is 2. The van der Waals surface area contributed by atoms with Crippen LogP contribution in [0.2, 0.25) is 0 Å². The van der Waals surface area contributed by atoms with Gasteiger partial charge < -0.3 is 0 Å². The molecule has 0 aliphatic heterocycles. The van der Waals surface area contributed by atoms with E-state index in [9.17, 15) is 17.2 Å². The maximum atomic E-state index is 13.4. The van der Waals surface area contributed by atoms with Crippen LogP contribution in [0.5, 0.6) is 0 Å². The fourth-order valence-electron chi connectivity index (χ4n) is 2.25. The van der Waals surface area contributed by atoms with Crippen molar-refractivity contribution in [2.24, 2.45) is 0 Å². The van der Waals surface area contributed by atoms with E-state index in [4.69, 9.17) is 0 Å². The number of hydrogen-bond acceptors (Lipinski definition) is 2. The minimum Gasteiger partial charge on any atom is -0.207 e. The highest BCUT2D eigenvalue weighted by atomic mass is 32.2. The summed E-state index contributed by atoms with van der Waals surface area (Å²) < 4.78 is 52.9. The molecule has 0 aromatic heterocycles. The molecule has 0 N–H and O–H groups in total. The van der Waals surface area contributed by atoms with Crippen LogP contribution in [-0.2, 0) is 16.4 Å². The Kier molecular flexibility index (Phi) is 5.16. The van der Waals surface area contributed by atoms with E-state index < -0.39 is 27.7 Å². The highest BCUT2D eigenvalue weighted by molar-refractivity contribution is 7.89. The van der Waals surface area contributed by atoms with Gasteiger partial charge in [0.05, 0.1) is 4.90 Å². The molecule has 0 fully saturated rings. The molecule has 6 heteroatoms. The summed E-state index contributed by atoms with van der Waals surface area (Å²) in [6.45, 7) is 3.62. The molecule has 0 saturated heterocycles. The molecule has 3 nitrogen and oxygen atoms in total. The largest absolute Gasteiger partial charge is 0.243 e. The molecule has 0 radical (unpaired) electrons. The third-order valence-corrected chi connectivity index (χ3v) is 5.92. The SMILES string of the molecule is CCc1ccc(S(=O)(=O)N(C)C(C)c2ccc(F)c(F)c2)cc1. The van der Waals surface area contributed by atoms with Crippen LogP contribution in [0.25, 0.3) is 0 Å². The number of rotatable bonds is 5. The summed E-state index contributed by atoms with van der Waals surface area (Å²) in [5, 5.41) is 0. The third-order valence-electron chi connectivity index (χ3n) is 3.98. The first-order valence-corrected chi connectivity index (χ1v) is 8.73. The molecule has 0 aliphatic carbocycles. The second-order valence-electron chi connectivity index (χ2n) is 5.37. The number of aryl methyl sites for hydroxylation is 1. The van der Waals surface area contributed by atoms with Gasteiger partial charge in [-0.3, -0.25) is 0 Å². The molecule has 1 unspecified atom stereocenters. The lowest BCUT2D eigenvalue weighted by atomic mass is 10.1. The minimum atomic E-state index is -3.72. The summed E-state index contributed by atoms with van der Waals surface area (Å²) in [7, 11) is -2.29. The lowest BCUT2D eigenvalue weighted by molar-refractivity contribution is 0.395. The van der Waals surface area contributed by atoms with Gasteiger partial charge in [-0.2, -0.15) is 4.31 Å². The first-order chi connectivity index (χ1) is 10.8. The van der Waals surface area contributed by atoms with E-state index in [1.54, 1.807) is 31.2 Å². The monoisotopic (exact) mass is 339 g/mol. The average Bonchev–Trinajstić information content (AvgIpc) is 2.56. The van der Waals surface area contributed by atoms with Crippen LogP contribution in [0.1, 0.15) is 31.0 Å². The highest BCUT2D eigenvalue weighted by Crippen LogP contribution is 2.26. The molecular formula is C17H19F2NO2S. The smallest absolute Gasteiger partial charge is 0.207 e. The van der Waals surface area contributed by atoms with Crippen molar-refractivity contribution in [2.45, 2.75) is 31.2 Å². The maximum Gasteiger partial charge on any atom is 0.243 e. The summed E-state index contributed by atoms with van der Waals surface area (Å²) in [5.41, 5.74) is 1.43. The Bertz CT molecular complexity index is 789. The molecule has 2 aromatic rings. The zero-order valence-corrected chi connectivity index (χ0v) is 14.1. The Morgan fingerprint density at radius 1 is 1.04 bits per heavy atom. The zero-order valence-electron chi connectivity index (χ0n) is 13.3. The van der Waals surface area contributed by atoms with Gasteiger partial charge in [-0.1, -0.05) is 25.1 Å². The fourth-order valence-corrected chi connectivity index (χ4v) is 3.60. The van der Waals surface area contributed by atoms with Gasteiger partial charge in [-0.15, -0.1) is 0 Å². The van der Waals surface area contributed by atoms with E-state index in [1.165, 1.54) is 13.1 Å². The van der Waals surface area contributed by atoms with E-state index in [1.807, 2.05) is 6.92 Å². The first kappa shape index (κ1) is 17.6. The molecule has 0 amide bonds. The van der Waals surface area contributed by atoms with Gasteiger partial charge in [-0.05, 0) is 48.7 Å². The van der Waals surface area contributed by atoms with E-state index in [-0.39, 0.29) is 4.90 Å². The van der Waals surface area contributed by atoms with Gasteiger partial charge in [0, 0.05) is 13.1 Å². The summed E-state index contributed by atoms with van der Waals surface area (Å²) in [5.74, 6) is -1.95. The summed E-state index contributed by atoms with van der Waals surface area (Å²) >= 11 is 0. The fraction of sp³-hybridized carbons (Fsp3) is 0.294. The van der Waals surface area contributed by atoms with Gasteiger partial charge in [0.15, 0.2) is 11.6 Å². The van der Waals surface area contributed by atoms with Crippen molar-refractivity contribution in [3.8, 4) is 0 Å². The molecule has 1 atom stereocenters. The van der Waals surface area contributed by atoms with E-state index in [0.29, 0.717) is 5.56 Å². The lowest BCUT2D eigenvalue weighted by Crippen LogP contribution is -2.30. The number of sulfonamides is 1. The van der Waals surface area contributed by atoms with Gasteiger partial charge in [0.2, 0.25) is 10.0 Å². The first-order valence-electron chi connectivity index (χ1n) is 7.29. The van der Waals surface area contributed by atoms with Gasteiger partial charge in [0.1, 0.15) is 0 Å². The summed E-state index contributed by atoms with van der Waals surface area (Å²) in [6, 6.07) is 9.43. The molecule has 23 heavy (non-hydrogen) atoms. The predicted molar refractivity (Wildman–Crippen MR) is 85.5 cm³/mol. The minimum absolute atomic E-state index is 0.173. The average molecular weight is 339 g/mol. The molecule has 124 valence electrons. The molecule has 0 heterocycles. The standard InChI is InChI=1S/C17H19F2NO2S/c1-4-13-5-8-15(9-6-13)23(21,22)20(3)12(2)14-7-10-16(18)17(19)11-14/h5-12H,4H2,1-3H3. The highest BCUT2D eigenvalue weighted by Gasteiger charge is 2.26. The Morgan fingerprint density at radius 2 is 1.65 bits per heavy atom. The van der Waals surface area contributed by atoms with Crippen LogP contribution < -0.4 is 0 Å². The second-order valence-corrected chi connectivity index (χ2v) is 7.37. The van der Waals surface area contributed by atoms with E-state index in [2.05, 4.69) is 0 Å². The van der Waals surface area contributed by atoms with Crippen LogP contribution in [0, 0.1) is 11.6 Å². The Balaban J connectivity index is 2.32. The third kappa shape index (κ3) is 3.59. The van der Waals surface area contributed by atoms with Crippen LogP contribution in [0.3, 0.4) is 0 Å². The Hall–Kier alpha value is -1.79. The van der Waals surface area contributed by atoms with Crippen LogP contribution in [0.15, 0.2) is 47.4 Å². The van der Waals surface area contributed by atoms with Crippen molar-refractivity contribution >= 4 is 10.0 Å². The summed E-state index contributed by atoms with van der Waals surface area (Å²) in [4.78, 5) is 0.173. The van der Waals surface area contributed by atoms with Crippen molar-refractivity contribution < 1.29 is 17.2 Å². The normalized spacial score (nSPS) is 13.3. The van der Waals surface area contributed by atoms with Crippen LogP contribution >= 0.6 is 0 Å². The van der Waals surface area contributed by atoms with Crippen molar-refractivity contribution in [3.05, 3.63) is 65.2 Å². The maximum absolute atomic E-state index is 13.4. The number of hydrogen-bond donors (Lipinski definition) is 0. The second kappa shape index (κ2) is 6.76. The Morgan fingerprint density at radius 3 is 2.17 bits per heavy atom. The van der Waals surface area contributed by atoms with Crippen molar-refractivity contribution in [1.82, 2.24) is 4.31 Å². The molecular weight excluding hydrogens is 320 g/mol. The van der Waals surface area contributed by atoms with Crippen LogP contribution in [-0.4, -0.2) is 19.8 Å². The van der Waals surface area contributed by atoms with Gasteiger partial charge in [0.25, 0.3) is 0 Å². The van der Waals surface area contributed by atoms with Crippen molar-refractivity contribution in [3.63, 3.8) is 0 Å². The van der Waals surface area contributed by atoms with Gasteiger partial charge >= 0.3 is 0 Å². The molecule has 0 bridgehead atoms. The predicted octanol–water partition coefficient (Wildman–Crippen LogP) is 3.91. The van der Waals surface area contributed by atoms with Crippen molar-refractivity contribution in [1.29, 1.82) is 0 Å². The Labute approximate surface area is 135 Å². The molecule has 0 spiro atoms. The lowest BCUT2D eigenvalue weighted by Gasteiger charge is -2.25. The van der Waals surface area contributed by atoms with Crippen molar-refractivity contribution in [2.75, 3.05) is 7.05 Å². The van der Waals surface area contributed by atoms with E-state index >= 15 is 0 Å². The number of benzene rings is 2. The molecule has 0 saturated carbocycles. The topological polar surface area (TPSA) is 37.4 Å². The van der Waals surface area contributed by atoms with Crippen LogP contribution in [0.4, 0.5) is 8.78 Å². The molecule has 2 rings (SSSR count). The van der Waals surface area contributed by atoms with Gasteiger partial charge in [-0.25, -0.2) is 17.2 Å².